The molecule has 8 heteroatoms. The Kier molecular flexibility index (Phi) is 4.71. The molecule has 0 amide bonds. The van der Waals surface area contributed by atoms with Crippen LogP contribution < -0.4 is 4.74 Å². The number of phenols is 1. The average molecular weight is 433 g/mol. The van der Waals surface area contributed by atoms with Crippen LogP contribution in [0.4, 0.5) is 0 Å². The second kappa shape index (κ2) is 6.97. The van der Waals surface area contributed by atoms with Gasteiger partial charge in [0.2, 0.25) is 0 Å². The van der Waals surface area contributed by atoms with E-state index >= 15 is 0 Å². The molecule has 1 aliphatic rings. The van der Waals surface area contributed by atoms with Crippen LogP contribution >= 0.6 is 23.2 Å². The molecule has 2 heterocycles. The molecule has 0 saturated heterocycles. The molecular formula is C21H18Cl2N2O4. The molecule has 0 radical (unpaired) electrons. The number of aromatic hydroxyl groups is 1. The summed E-state index contributed by atoms with van der Waals surface area (Å²) < 4.78 is 11.4. The summed E-state index contributed by atoms with van der Waals surface area (Å²) in [6.45, 7) is 5.62. The van der Waals surface area contributed by atoms with Gasteiger partial charge in [-0.05, 0) is 45.0 Å². The van der Waals surface area contributed by atoms with Crippen LogP contribution in [0.15, 0.2) is 30.3 Å². The smallest absolute Gasteiger partial charge is 0.359 e. The summed E-state index contributed by atoms with van der Waals surface area (Å²) in [6, 6.07) is 8.28. The number of fused-ring (bicyclic) bond motifs is 3. The van der Waals surface area contributed by atoms with Crippen molar-refractivity contribution in [3.63, 3.8) is 0 Å². The third-order valence-corrected chi connectivity index (χ3v) is 5.35. The molecule has 3 aromatic rings. The van der Waals surface area contributed by atoms with Gasteiger partial charge in [-0.3, -0.25) is 5.10 Å². The van der Waals surface area contributed by atoms with E-state index in [4.69, 9.17) is 32.7 Å². The molecule has 6 nitrogen and oxygen atoms in total. The van der Waals surface area contributed by atoms with Gasteiger partial charge < -0.3 is 14.6 Å². The van der Waals surface area contributed by atoms with E-state index in [-0.39, 0.29) is 18.1 Å². The first-order chi connectivity index (χ1) is 13.7. The molecular weight excluding hydrogens is 415 g/mol. The van der Waals surface area contributed by atoms with Crippen LogP contribution in [-0.4, -0.2) is 27.9 Å². The monoisotopic (exact) mass is 432 g/mol. The topological polar surface area (TPSA) is 84.4 Å². The Balaban J connectivity index is 1.97. The van der Waals surface area contributed by atoms with Crippen molar-refractivity contribution in [3.05, 3.63) is 51.6 Å². The van der Waals surface area contributed by atoms with E-state index < -0.39 is 11.6 Å². The molecule has 2 N–H and O–H groups in total. The van der Waals surface area contributed by atoms with Gasteiger partial charge in [0.15, 0.2) is 5.69 Å². The third-order valence-electron chi connectivity index (χ3n) is 4.80. The Bertz CT molecular complexity index is 1140. The largest absolute Gasteiger partial charge is 0.507 e. The number of esters is 1. The maximum atomic E-state index is 12.4. The summed E-state index contributed by atoms with van der Waals surface area (Å²) in [5.74, 6) is -0.0759. The fraction of sp³-hybridized carbons (Fsp3) is 0.238. The highest BCUT2D eigenvalue weighted by Crippen LogP contribution is 2.53. The lowest BCUT2D eigenvalue weighted by Crippen LogP contribution is -2.31. The first-order valence-electron chi connectivity index (χ1n) is 9.01. The molecule has 2 aromatic carbocycles. The quantitative estimate of drug-likeness (QED) is 0.529. The van der Waals surface area contributed by atoms with E-state index in [9.17, 15) is 9.90 Å². The second-order valence-corrected chi connectivity index (χ2v) is 7.96. The van der Waals surface area contributed by atoms with Crippen LogP contribution in [0.1, 0.15) is 36.8 Å². The zero-order chi connectivity index (χ0) is 20.9. The van der Waals surface area contributed by atoms with Crippen molar-refractivity contribution in [3.8, 4) is 33.9 Å². The van der Waals surface area contributed by atoms with E-state index in [0.29, 0.717) is 43.7 Å². The van der Waals surface area contributed by atoms with Gasteiger partial charge in [0.05, 0.1) is 28.5 Å². The highest BCUT2D eigenvalue weighted by Gasteiger charge is 2.41. The Morgan fingerprint density at radius 3 is 2.66 bits per heavy atom. The first-order valence-corrected chi connectivity index (χ1v) is 9.77. The number of carbonyl (C=O) groups is 1. The number of nitrogens with zero attached hydrogens (tertiary/aromatic N) is 1. The number of hydrogen-bond donors (Lipinski definition) is 2. The fourth-order valence-electron chi connectivity index (χ4n) is 3.60. The number of rotatable bonds is 3. The Morgan fingerprint density at radius 1 is 1.24 bits per heavy atom. The van der Waals surface area contributed by atoms with Crippen LogP contribution in [0.5, 0.6) is 11.5 Å². The van der Waals surface area contributed by atoms with E-state index in [1.165, 1.54) is 0 Å². The van der Waals surface area contributed by atoms with Crippen LogP contribution in [-0.2, 0) is 10.3 Å². The van der Waals surface area contributed by atoms with E-state index in [1.807, 2.05) is 13.8 Å². The highest BCUT2D eigenvalue weighted by atomic mass is 35.5. The number of carbonyl (C=O) groups excluding carboxylic acids is 1. The molecule has 0 atom stereocenters. The second-order valence-electron chi connectivity index (χ2n) is 7.12. The van der Waals surface area contributed by atoms with Gasteiger partial charge >= 0.3 is 5.97 Å². The van der Waals surface area contributed by atoms with Gasteiger partial charge in [-0.25, -0.2) is 4.79 Å². The van der Waals surface area contributed by atoms with Crippen molar-refractivity contribution in [2.24, 2.45) is 0 Å². The Labute approximate surface area is 177 Å². The molecule has 0 unspecified atom stereocenters. The molecule has 4 rings (SSSR count). The SMILES string of the molecule is CCOC(=O)c1n[nH]c2c1C(C)(C)Oc1c-2ccc(O)c1-c1ccc(Cl)cc1Cl. The number of halogens is 2. The summed E-state index contributed by atoms with van der Waals surface area (Å²) in [5.41, 5.74) is 2.16. The van der Waals surface area contributed by atoms with Crippen molar-refractivity contribution in [2.45, 2.75) is 26.4 Å². The summed E-state index contributed by atoms with van der Waals surface area (Å²) in [7, 11) is 0. The fourth-order valence-corrected chi connectivity index (χ4v) is 4.11. The molecule has 1 aliphatic heterocycles. The Morgan fingerprint density at radius 2 is 1.97 bits per heavy atom. The number of H-pyrrole nitrogens is 1. The van der Waals surface area contributed by atoms with Crippen LogP contribution in [0.25, 0.3) is 22.4 Å². The van der Waals surface area contributed by atoms with Gasteiger partial charge in [0.1, 0.15) is 17.1 Å². The maximum Gasteiger partial charge on any atom is 0.359 e. The van der Waals surface area contributed by atoms with Crippen molar-refractivity contribution in [1.29, 1.82) is 0 Å². The standard InChI is InChI=1S/C21H18Cl2N2O4/c1-4-28-20(27)18-16-17(24-25-18)12-7-8-14(26)15(19(12)29-21(16,2)3)11-6-5-10(22)9-13(11)23/h5-9,26H,4H2,1-3H3,(H,24,25). The number of benzene rings is 2. The lowest BCUT2D eigenvalue weighted by atomic mass is 9.87. The summed E-state index contributed by atoms with van der Waals surface area (Å²) in [4.78, 5) is 12.4. The molecule has 0 saturated carbocycles. The number of hydrogen-bond acceptors (Lipinski definition) is 5. The van der Waals surface area contributed by atoms with Crippen LogP contribution in [0.3, 0.4) is 0 Å². The zero-order valence-electron chi connectivity index (χ0n) is 16.0. The minimum absolute atomic E-state index is 0.0114. The molecule has 0 spiro atoms. The lowest BCUT2D eigenvalue weighted by molar-refractivity contribution is 0.0500. The lowest BCUT2D eigenvalue weighted by Gasteiger charge is -2.34. The minimum Gasteiger partial charge on any atom is -0.507 e. The van der Waals surface area contributed by atoms with Gasteiger partial charge in [-0.1, -0.05) is 29.3 Å². The molecule has 29 heavy (non-hydrogen) atoms. The third kappa shape index (κ3) is 3.12. The van der Waals surface area contributed by atoms with E-state index in [0.717, 1.165) is 0 Å². The van der Waals surface area contributed by atoms with Gasteiger partial charge in [-0.15, -0.1) is 0 Å². The van der Waals surface area contributed by atoms with E-state index in [1.54, 1.807) is 37.3 Å². The maximum absolute atomic E-state index is 12.4. The molecule has 0 fully saturated rings. The Hall–Kier alpha value is -2.70. The van der Waals surface area contributed by atoms with E-state index in [2.05, 4.69) is 10.2 Å². The zero-order valence-corrected chi connectivity index (χ0v) is 17.5. The normalized spacial score (nSPS) is 14.0. The van der Waals surface area contributed by atoms with Crippen molar-refractivity contribution >= 4 is 29.2 Å². The first kappa shape index (κ1) is 19.6. The number of phenolic OH excluding ortho intramolecular Hbond substituents is 1. The van der Waals surface area contributed by atoms with Crippen LogP contribution in [0, 0.1) is 0 Å². The molecule has 0 bridgehead atoms. The molecule has 0 aliphatic carbocycles. The van der Waals surface area contributed by atoms with Crippen molar-refractivity contribution in [2.75, 3.05) is 6.61 Å². The summed E-state index contributed by atoms with van der Waals surface area (Å²) in [6.07, 6.45) is 0. The van der Waals surface area contributed by atoms with Gasteiger partial charge in [0.25, 0.3) is 0 Å². The predicted octanol–water partition coefficient (Wildman–Crippen LogP) is 5.56. The summed E-state index contributed by atoms with van der Waals surface area (Å²) in [5, 5.41) is 18.6. The molecule has 150 valence electrons. The average Bonchev–Trinajstić information content (AvgIpc) is 3.09. The minimum atomic E-state index is -0.918. The molecule has 1 aromatic heterocycles. The van der Waals surface area contributed by atoms with Crippen LogP contribution in [0.2, 0.25) is 10.0 Å². The number of aromatic nitrogens is 2. The summed E-state index contributed by atoms with van der Waals surface area (Å²) >= 11 is 12.4. The number of aromatic amines is 1. The van der Waals surface area contributed by atoms with Crippen molar-refractivity contribution < 1.29 is 19.4 Å². The highest BCUT2D eigenvalue weighted by molar-refractivity contribution is 6.36. The number of nitrogens with one attached hydrogen (secondary N) is 1. The van der Waals surface area contributed by atoms with Crippen molar-refractivity contribution in [1.82, 2.24) is 10.2 Å². The number of ether oxygens (including phenoxy) is 2. The van der Waals surface area contributed by atoms with Gasteiger partial charge in [-0.2, -0.15) is 5.10 Å². The predicted molar refractivity (Wildman–Crippen MR) is 111 cm³/mol. The van der Waals surface area contributed by atoms with Gasteiger partial charge in [0, 0.05) is 16.1 Å².